The van der Waals surface area contributed by atoms with Gasteiger partial charge in [-0.3, -0.25) is 14.2 Å². The van der Waals surface area contributed by atoms with E-state index < -0.39 is 5.69 Å². The second kappa shape index (κ2) is 8.60. The Labute approximate surface area is 168 Å². The number of ketones is 1. The predicted octanol–water partition coefficient (Wildman–Crippen LogP) is 3.42. The van der Waals surface area contributed by atoms with E-state index in [0.717, 1.165) is 4.57 Å². The lowest BCUT2D eigenvalue weighted by molar-refractivity contribution is -0.116. The zero-order valence-corrected chi connectivity index (χ0v) is 16.3. The molecular formula is C22H23N3O4. The van der Waals surface area contributed by atoms with Crippen molar-refractivity contribution in [3.8, 4) is 17.1 Å². The van der Waals surface area contributed by atoms with E-state index in [1.54, 1.807) is 48.5 Å². The van der Waals surface area contributed by atoms with Crippen LogP contribution in [-0.4, -0.2) is 26.3 Å². The van der Waals surface area contributed by atoms with Crippen molar-refractivity contribution in [1.82, 2.24) is 9.55 Å². The van der Waals surface area contributed by atoms with E-state index in [1.165, 1.54) is 0 Å². The number of imidazole rings is 1. The fraction of sp³-hybridized carbons (Fsp3) is 0.227. The zero-order valence-electron chi connectivity index (χ0n) is 16.3. The third-order valence-electron chi connectivity index (χ3n) is 4.40. The van der Waals surface area contributed by atoms with E-state index in [4.69, 9.17) is 0 Å². The van der Waals surface area contributed by atoms with Gasteiger partial charge in [0.25, 0.3) is 0 Å². The summed E-state index contributed by atoms with van der Waals surface area (Å²) in [6.45, 7) is 3.62. The van der Waals surface area contributed by atoms with E-state index in [2.05, 4.69) is 10.3 Å². The highest BCUT2D eigenvalue weighted by molar-refractivity contribution is 5.97. The van der Waals surface area contributed by atoms with Gasteiger partial charge in [0.2, 0.25) is 11.8 Å². The highest BCUT2D eigenvalue weighted by atomic mass is 16.3. The van der Waals surface area contributed by atoms with Crippen molar-refractivity contribution < 1.29 is 14.7 Å². The molecule has 3 aromatic rings. The van der Waals surface area contributed by atoms with Gasteiger partial charge in [0, 0.05) is 23.2 Å². The Balaban J connectivity index is 1.73. The molecule has 0 saturated heterocycles. The molecule has 0 atom stereocenters. The van der Waals surface area contributed by atoms with Crippen molar-refractivity contribution in [3.63, 3.8) is 0 Å². The quantitative estimate of drug-likeness (QED) is 0.535. The van der Waals surface area contributed by atoms with E-state index >= 15 is 0 Å². The summed E-state index contributed by atoms with van der Waals surface area (Å²) in [6, 6.07) is 15.4. The number of rotatable bonds is 7. The van der Waals surface area contributed by atoms with Crippen molar-refractivity contribution in [2.45, 2.75) is 26.8 Å². The monoisotopic (exact) mass is 393 g/mol. The second-order valence-electron chi connectivity index (χ2n) is 7.23. The normalized spacial score (nSPS) is 10.9. The van der Waals surface area contributed by atoms with Crippen LogP contribution in [0.2, 0.25) is 0 Å². The molecule has 1 heterocycles. The molecule has 1 amide bonds. The summed E-state index contributed by atoms with van der Waals surface area (Å²) in [7, 11) is 0. The smallest absolute Gasteiger partial charge is 0.329 e. The molecule has 1 aromatic heterocycles. The van der Waals surface area contributed by atoms with Crippen LogP contribution < -0.4 is 11.0 Å². The van der Waals surface area contributed by atoms with Crippen LogP contribution in [-0.2, 0) is 11.3 Å². The maximum atomic E-state index is 12.6. The van der Waals surface area contributed by atoms with Crippen molar-refractivity contribution in [2.24, 2.45) is 5.92 Å². The van der Waals surface area contributed by atoms with Crippen molar-refractivity contribution in [3.05, 3.63) is 70.6 Å². The molecule has 150 valence electrons. The van der Waals surface area contributed by atoms with Crippen LogP contribution in [0.4, 0.5) is 5.69 Å². The van der Waals surface area contributed by atoms with Crippen LogP contribution in [0.25, 0.3) is 11.3 Å². The minimum absolute atomic E-state index is 0.0867. The van der Waals surface area contributed by atoms with Gasteiger partial charge >= 0.3 is 5.69 Å². The van der Waals surface area contributed by atoms with Gasteiger partial charge in [0.1, 0.15) is 5.69 Å². The number of benzene rings is 2. The summed E-state index contributed by atoms with van der Waals surface area (Å²) in [4.78, 5) is 39.2. The topological polar surface area (TPSA) is 104 Å². The Hall–Kier alpha value is -3.61. The average molecular weight is 393 g/mol. The highest BCUT2D eigenvalue weighted by Crippen LogP contribution is 2.25. The van der Waals surface area contributed by atoms with Gasteiger partial charge in [-0.2, -0.15) is 0 Å². The van der Waals surface area contributed by atoms with Crippen LogP contribution in [0.15, 0.2) is 59.4 Å². The SMILES string of the molecule is CC(C)CC(=O)Nc1ccc(C(=O)Cn2c(O)c(-c3ccccc3)[nH]c2=O)cc1. The van der Waals surface area contributed by atoms with Gasteiger partial charge in [-0.25, -0.2) is 4.79 Å². The van der Waals surface area contributed by atoms with Crippen LogP contribution in [0.5, 0.6) is 5.88 Å². The molecule has 0 unspecified atom stereocenters. The molecule has 0 aliphatic rings. The molecule has 0 bridgehead atoms. The van der Waals surface area contributed by atoms with Gasteiger partial charge in [0.05, 0.1) is 6.54 Å². The summed E-state index contributed by atoms with van der Waals surface area (Å²) in [5.74, 6) is -0.450. The van der Waals surface area contributed by atoms with E-state index in [9.17, 15) is 19.5 Å². The molecule has 0 aliphatic heterocycles. The molecular weight excluding hydrogens is 370 g/mol. The lowest BCUT2D eigenvalue weighted by Gasteiger charge is -2.08. The summed E-state index contributed by atoms with van der Waals surface area (Å²) in [6.07, 6.45) is 0.417. The van der Waals surface area contributed by atoms with E-state index in [-0.39, 0.29) is 35.7 Å². The lowest BCUT2D eigenvalue weighted by Crippen LogP contribution is -2.21. The third-order valence-corrected chi connectivity index (χ3v) is 4.40. The van der Waals surface area contributed by atoms with Crippen LogP contribution in [0, 0.1) is 5.92 Å². The van der Waals surface area contributed by atoms with Crippen molar-refractivity contribution in [1.29, 1.82) is 0 Å². The summed E-state index contributed by atoms with van der Waals surface area (Å²) in [5.41, 5.74) is 1.33. The number of nitrogens with one attached hydrogen (secondary N) is 2. The maximum absolute atomic E-state index is 12.6. The standard InChI is InChI=1S/C22H23N3O4/c1-14(2)12-19(27)23-17-10-8-15(9-11-17)18(26)13-25-21(28)20(24-22(25)29)16-6-4-3-5-7-16/h3-11,14,28H,12-13H2,1-2H3,(H,23,27)(H,24,29). The Kier molecular flexibility index (Phi) is 5.97. The molecule has 7 heteroatoms. The van der Waals surface area contributed by atoms with Gasteiger partial charge in [-0.05, 0) is 30.2 Å². The predicted molar refractivity (Wildman–Crippen MR) is 111 cm³/mol. The number of hydrogen-bond donors (Lipinski definition) is 3. The Morgan fingerprint density at radius 2 is 1.72 bits per heavy atom. The Morgan fingerprint density at radius 1 is 1.07 bits per heavy atom. The molecule has 0 spiro atoms. The van der Waals surface area contributed by atoms with Gasteiger partial charge in [-0.15, -0.1) is 0 Å². The highest BCUT2D eigenvalue weighted by Gasteiger charge is 2.18. The average Bonchev–Trinajstić information content (AvgIpc) is 2.96. The number of H-pyrrole nitrogens is 1. The lowest BCUT2D eigenvalue weighted by atomic mass is 10.1. The molecule has 7 nitrogen and oxygen atoms in total. The first-order valence-corrected chi connectivity index (χ1v) is 9.35. The Bertz CT molecular complexity index is 1060. The van der Waals surface area contributed by atoms with Crippen LogP contribution in [0.1, 0.15) is 30.6 Å². The van der Waals surface area contributed by atoms with E-state index in [1.807, 2.05) is 19.9 Å². The summed E-state index contributed by atoms with van der Waals surface area (Å²) < 4.78 is 1.00. The fourth-order valence-corrected chi connectivity index (χ4v) is 2.97. The number of amides is 1. The molecule has 3 rings (SSSR count). The van der Waals surface area contributed by atoms with Crippen LogP contribution in [0.3, 0.4) is 0 Å². The van der Waals surface area contributed by atoms with Gasteiger partial charge in [0.15, 0.2) is 5.78 Å². The minimum atomic E-state index is -0.563. The molecule has 29 heavy (non-hydrogen) atoms. The fourth-order valence-electron chi connectivity index (χ4n) is 2.97. The molecule has 0 radical (unpaired) electrons. The van der Waals surface area contributed by atoms with E-state index in [0.29, 0.717) is 23.2 Å². The largest absolute Gasteiger partial charge is 0.493 e. The summed E-state index contributed by atoms with van der Waals surface area (Å²) >= 11 is 0. The number of hydrogen-bond acceptors (Lipinski definition) is 4. The molecule has 0 aliphatic carbocycles. The first-order chi connectivity index (χ1) is 13.8. The number of anilines is 1. The van der Waals surface area contributed by atoms with Gasteiger partial charge < -0.3 is 15.4 Å². The van der Waals surface area contributed by atoms with Crippen molar-refractivity contribution >= 4 is 17.4 Å². The number of aromatic hydroxyl groups is 1. The zero-order chi connectivity index (χ0) is 21.0. The number of nitrogens with zero attached hydrogens (tertiary/aromatic N) is 1. The number of carbonyl (C=O) groups excluding carboxylic acids is 2. The first kappa shape index (κ1) is 20.1. The van der Waals surface area contributed by atoms with Crippen molar-refractivity contribution in [2.75, 3.05) is 5.32 Å². The molecule has 0 fully saturated rings. The third kappa shape index (κ3) is 4.82. The number of aromatic nitrogens is 2. The molecule has 0 saturated carbocycles. The first-order valence-electron chi connectivity index (χ1n) is 9.35. The summed E-state index contributed by atoms with van der Waals surface area (Å²) in [5, 5.41) is 13.2. The van der Waals surface area contributed by atoms with Crippen LogP contribution >= 0.6 is 0 Å². The molecule has 3 N–H and O–H groups in total. The maximum Gasteiger partial charge on any atom is 0.329 e. The number of Topliss-reactive ketones (excluding diaryl/α,β-unsaturated/α-hetero) is 1. The van der Waals surface area contributed by atoms with Gasteiger partial charge in [-0.1, -0.05) is 44.2 Å². The number of carbonyl (C=O) groups is 2. The number of aromatic amines is 1. The minimum Gasteiger partial charge on any atom is -0.493 e. The molecule has 2 aromatic carbocycles. The Morgan fingerprint density at radius 3 is 2.34 bits per heavy atom. The second-order valence-corrected chi connectivity index (χ2v) is 7.23.